The first-order valence-electron chi connectivity index (χ1n) is 9.14. The summed E-state index contributed by atoms with van der Waals surface area (Å²) >= 11 is 0. The van der Waals surface area contributed by atoms with Crippen molar-refractivity contribution in [3.63, 3.8) is 0 Å². The minimum absolute atomic E-state index is 0.00519. The largest absolute Gasteiger partial charge is 0.509 e. The topological polar surface area (TPSA) is 87.1 Å². The van der Waals surface area contributed by atoms with E-state index in [0.29, 0.717) is 11.1 Å². The highest BCUT2D eigenvalue weighted by Crippen LogP contribution is 2.47. The number of carbonyl (C=O) groups is 2. The molecule has 0 spiro atoms. The van der Waals surface area contributed by atoms with Crippen molar-refractivity contribution < 1.29 is 24.5 Å². The van der Waals surface area contributed by atoms with Crippen molar-refractivity contribution in [3.8, 4) is 0 Å². The van der Waals surface area contributed by atoms with E-state index in [1.54, 1.807) is 61.5 Å². The van der Waals surface area contributed by atoms with Gasteiger partial charge in [0, 0.05) is 6.92 Å². The van der Waals surface area contributed by atoms with Crippen molar-refractivity contribution in [3.05, 3.63) is 83.2 Å². The van der Waals surface area contributed by atoms with Crippen LogP contribution >= 0.6 is 0 Å². The SMILES string of the molecule is CCOC(=O)C1C(O)=C(C(O)c2ccccc2)N(C(C)=O)C1c1ccccc1. The molecule has 1 amide bonds. The summed E-state index contributed by atoms with van der Waals surface area (Å²) in [6.07, 6.45) is -1.27. The number of amides is 1. The van der Waals surface area contributed by atoms with Gasteiger partial charge in [-0.3, -0.25) is 9.59 Å². The van der Waals surface area contributed by atoms with Crippen LogP contribution in [0.2, 0.25) is 0 Å². The summed E-state index contributed by atoms with van der Waals surface area (Å²) in [5.74, 6) is -2.49. The van der Waals surface area contributed by atoms with Gasteiger partial charge in [-0.15, -0.1) is 0 Å². The van der Waals surface area contributed by atoms with Crippen LogP contribution in [0.4, 0.5) is 0 Å². The van der Waals surface area contributed by atoms with Crippen molar-refractivity contribution in [2.24, 2.45) is 5.92 Å². The van der Waals surface area contributed by atoms with Crippen LogP contribution in [0.25, 0.3) is 0 Å². The Labute approximate surface area is 163 Å². The normalized spacial score (nSPS) is 20.2. The lowest BCUT2D eigenvalue weighted by molar-refractivity contribution is -0.149. The fraction of sp³-hybridized carbons (Fsp3) is 0.273. The van der Waals surface area contributed by atoms with Gasteiger partial charge in [0.1, 0.15) is 17.8 Å². The fourth-order valence-electron chi connectivity index (χ4n) is 3.63. The van der Waals surface area contributed by atoms with Gasteiger partial charge in [-0.2, -0.15) is 0 Å². The number of carbonyl (C=O) groups excluding carboxylic acids is 2. The molecule has 0 saturated carbocycles. The summed E-state index contributed by atoms with van der Waals surface area (Å²) in [7, 11) is 0. The molecule has 0 bridgehead atoms. The maximum absolute atomic E-state index is 12.7. The lowest BCUT2D eigenvalue weighted by Gasteiger charge is -2.30. The first-order chi connectivity index (χ1) is 13.5. The molecular formula is C22H23NO5. The lowest BCUT2D eigenvalue weighted by atomic mass is 9.93. The van der Waals surface area contributed by atoms with Crippen LogP contribution in [0.1, 0.15) is 37.1 Å². The molecule has 0 fully saturated rings. The smallest absolute Gasteiger partial charge is 0.319 e. The third-order valence-corrected chi connectivity index (χ3v) is 4.81. The lowest BCUT2D eigenvalue weighted by Crippen LogP contribution is -2.35. The quantitative estimate of drug-likeness (QED) is 0.776. The molecule has 1 aliphatic heterocycles. The van der Waals surface area contributed by atoms with Gasteiger partial charge in [0.15, 0.2) is 0 Å². The number of hydrogen-bond acceptors (Lipinski definition) is 5. The van der Waals surface area contributed by atoms with E-state index >= 15 is 0 Å². The first kappa shape index (κ1) is 19.6. The predicted molar refractivity (Wildman–Crippen MR) is 103 cm³/mol. The van der Waals surface area contributed by atoms with Gasteiger partial charge in [-0.25, -0.2) is 0 Å². The van der Waals surface area contributed by atoms with Gasteiger partial charge in [-0.1, -0.05) is 60.7 Å². The minimum Gasteiger partial charge on any atom is -0.509 e. The number of ether oxygens (including phenoxy) is 1. The zero-order valence-electron chi connectivity index (χ0n) is 15.8. The van der Waals surface area contributed by atoms with E-state index < -0.39 is 29.9 Å². The maximum Gasteiger partial charge on any atom is 0.319 e. The van der Waals surface area contributed by atoms with Gasteiger partial charge in [0.25, 0.3) is 0 Å². The van der Waals surface area contributed by atoms with Crippen LogP contribution in [0.3, 0.4) is 0 Å². The van der Waals surface area contributed by atoms with Crippen LogP contribution in [-0.4, -0.2) is 33.6 Å². The minimum atomic E-state index is -1.27. The van der Waals surface area contributed by atoms with Crippen LogP contribution in [0, 0.1) is 5.92 Å². The monoisotopic (exact) mass is 381 g/mol. The summed E-state index contributed by atoms with van der Waals surface area (Å²) in [6.45, 7) is 3.16. The molecule has 3 rings (SSSR count). The van der Waals surface area contributed by atoms with Crippen LogP contribution in [0.5, 0.6) is 0 Å². The second-order valence-electron chi connectivity index (χ2n) is 6.56. The van der Waals surface area contributed by atoms with E-state index in [0.717, 1.165) is 0 Å². The Balaban J connectivity index is 2.15. The van der Waals surface area contributed by atoms with Gasteiger partial charge in [-0.05, 0) is 18.1 Å². The molecule has 6 nitrogen and oxygen atoms in total. The molecule has 28 heavy (non-hydrogen) atoms. The molecule has 0 aliphatic carbocycles. The van der Waals surface area contributed by atoms with E-state index in [4.69, 9.17) is 4.74 Å². The third kappa shape index (κ3) is 3.51. The predicted octanol–water partition coefficient (Wildman–Crippen LogP) is 3.27. The number of aliphatic hydroxyl groups excluding tert-OH is 2. The van der Waals surface area contributed by atoms with Gasteiger partial charge in [0.05, 0.1) is 18.3 Å². The third-order valence-electron chi connectivity index (χ3n) is 4.81. The van der Waals surface area contributed by atoms with E-state index in [9.17, 15) is 19.8 Å². The van der Waals surface area contributed by atoms with Gasteiger partial charge >= 0.3 is 5.97 Å². The molecule has 6 heteroatoms. The zero-order valence-corrected chi connectivity index (χ0v) is 15.8. The molecule has 2 N–H and O–H groups in total. The number of hydrogen-bond donors (Lipinski definition) is 2. The molecule has 2 aromatic rings. The van der Waals surface area contributed by atoms with E-state index in [-0.39, 0.29) is 18.1 Å². The van der Waals surface area contributed by atoms with Gasteiger partial charge < -0.3 is 19.8 Å². The summed E-state index contributed by atoms with van der Waals surface area (Å²) in [5.41, 5.74) is 1.18. The highest BCUT2D eigenvalue weighted by atomic mass is 16.5. The molecule has 0 saturated heterocycles. The van der Waals surface area contributed by atoms with Crippen molar-refractivity contribution in [1.29, 1.82) is 0 Å². The molecular weight excluding hydrogens is 358 g/mol. The number of benzene rings is 2. The summed E-state index contributed by atoms with van der Waals surface area (Å²) < 4.78 is 5.16. The number of nitrogens with zero attached hydrogens (tertiary/aromatic N) is 1. The summed E-state index contributed by atoms with van der Waals surface area (Å²) in [4.78, 5) is 26.5. The average Bonchev–Trinajstić information content (AvgIpc) is 3.02. The Morgan fingerprint density at radius 2 is 1.64 bits per heavy atom. The van der Waals surface area contributed by atoms with Crippen molar-refractivity contribution in [2.75, 3.05) is 6.61 Å². The van der Waals surface area contributed by atoms with Crippen molar-refractivity contribution in [2.45, 2.75) is 26.0 Å². The number of esters is 1. The summed E-state index contributed by atoms with van der Waals surface area (Å²) in [6, 6.07) is 16.8. The van der Waals surface area contributed by atoms with Crippen LogP contribution in [0.15, 0.2) is 72.1 Å². The Bertz CT molecular complexity index is 878. The average molecular weight is 381 g/mol. The number of aliphatic hydroxyl groups is 2. The Morgan fingerprint density at radius 1 is 1.07 bits per heavy atom. The Hall–Kier alpha value is -3.12. The molecule has 3 atom stereocenters. The van der Waals surface area contributed by atoms with Gasteiger partial charge in [0.2, 0.25) is 5.91 Å². The van der Waals surface area contributed by atoms with Crippen LogP contribution in [-0.2, 0) is 14.3 Å². The second-order valence-corrected chi connectivity index (χ2v) is 6.56. The Kier molecular flexibility index (Phi) is 5.80. The highest BCUT2D eigenvalue weighted by Gasteiger charge is 2.50. The molecule has 1 aliphatic rings. The zero-order chi connectivity index (χ0) is 20.3. The summed E-state index contributed by atoms with van der Waals surface area (Å²) in [5, 5.41) is 21.9. The first-order valence-corrected chi connectivity index (χ1v) is 9.14. The fourth-order valence-corrected chi connectivity index (χ4v) is 3.63. The maximum atomic E-state index is 12.7. The molecule has 2 aromatic carbocycles. The molecule has 3 unspecified atom stereocenters. The number of rotatable bonds is 5. The molecule has 0 radical (unpaired) electrons. The van der Waals surface area contributed by atoms with E-state index in [1.807, 2.05) is 6.07 Å². The van der Waals surface area contributed by atoms with Crippen LogP contribution < -0.4 is 0 Å². The van der Waals surface area contributed by atoms with Crippen molar-refractivity contribution >= 4 is 11.9 Å². The standard InChI is InChI=1S/C22H23NO5/c1-3-28-22(27)17-18(15-10-6-4-7-11-15)23(14(2)24)19(21(17)26)20(25)16-12-8-5-9-13-16/h4-13,17-18,20,25-26H,3H2,1-2H3. The molecule has 0 aromatic heterocycles. The van der Waals surface area contributed by atoms with E-state index in [2.05, 4.69) is 0 Å². The van der Waals surface area contributed by atoms with E-state index in [1.165, 1.54) is 11.8 Å². The van der Waals surface area contributed by atoms with Crippen molar-refractivity contribution in [1.82, 2.24) is 4.90 Å². The highest BCUT2D eigenvalue weighted by molar-refractivity contribution is 5.83. The molecule has 1 heterocycles. The second kappa shape index (κ2) is 8.27. The Morgan fingerprint density at radius 3 is 2.18 bits per heavy atom. The molecule has 146 valence electrons.